The SMILES string of the molecule is CCC(C)(C)c1ccc(OCc2cccc(N)c2Br)cc1. The topological polar surface area (TPSA) is 35.2 Å². The van der Waals surface area contributed by atoms with E-state index in [-0.39, 0.29) is 5.41 Å². The molecule has 0 aliphatic carbocycles. The first-order chi connectivity index (χ1) is 9.94. The van der Waals surface area contributed by atoms with Crippen LogP contribution in [0.5, 0.6) is 5.75 Å². The lowest BCUT2D eigenvalue weighted by atomic mass is 9.82. The third-order valence-corrected chi connectivity index (χ3v) is 4.99. The number of nitrogen functional groups attached to an aromatic ring is 1. The Labute approximate surface area is 135 Å². The van der Waals surface area contributed by atoms with Gasteiger partial charge in [0.05, 0.1) is 0 Å². The molecule has 0 unspecified atom stereocenters. The molecule has 0 fully saturated rings. The molecular weight excluding hydrogens is 326 g/mol. The van der Waals surface area contributed by atoms with Crippen LogP contribution >= 0.6 is 15.9 Å². The lowest BCUT2D eigenvalue weighted by molar-refractivity contribution is 0.305. The molecule has 2 nitrogen and oxygen atoms in total. The maximum Gasteiger partial charge on any atom is 0.119 e. The quantitative estimate of drug-likeness (QED) is 0.745. The first-order valence-corrected chi connectivity index (χ1v) is 7.99. The van der Waals surface area contributed by atoms with Crippen LogP contribution in [0, 0.1) is 0 Å². The molecule has 0 saturated carbocycles. The van der Waals surface area contributed by atoms with Gasteiger partial charge in [0.25, 0.3) is 0 Å². The van der Waals surface area contributed by atoms with Crippen LogP contribution in [-0.2, 0) is 12.0 Å². The largest absolute Gasteiger partial charge is 0.489 e. The van der Waals surface area contributed by atoms with Crippen molar-refractivity contribution < 1.29 is 4.74 Å². The molecule has 3 heteroatoms. The zero-order valence-electron chi connectivity index (χ0n) is 12.8. The molecule has 2 rings (SSSR count). The molecule has 0 radical (unpaired) electrons. The predicted molar refractivity (Wildman–Crippen MR) is 92.6 cm³/mol. The Hall–Kier alpha value is -1.48. The van der Waals surface area contributed by atoms with E-state index in [0.717, 1.165) is 27.9 Å². The molecule has 0 amide bonds. The number of anilines is 1. The van der Waals surface area contributed by atoms with E-state index in [9.17, 15) is 0 Å². The van der Waals surface area contributed by atoms with Gasteiger partial charge in [-0.1, -0.05) is 45.0 Å². The van der Waals surface area contributed by atoms with Crippen molar-refractivity contribution in [1.82, 2.24) is 0 Å². The van der Waals surface area contributed by atoms with E-state index < -0.39 is 0 Å². The highest BCUT2D eigenvalue weighted by atomic mass is 79.9. The Kier molecular flexibility index (Phi) is 4.94. The fourth-order valence-corrected chi connectivity index (χ4v) is 2.46. The molecule has 2 aromatic carbocycles. The van der Waals surface area contributed by atoms with Gasteiger partial charge in [-0.05, 0) is 51.5 Å². The lowest BCUT2D eigenvalue weighted by Crippen LogP contribution is -2.15. The van der Waals surface area contributed by atoms with Crippen molar-refractivity contribution in [2.24, 2.45) is 0 Å². The van der Waals surface area contributed by atoms with Gasteiger partial charge in [0, 0.05) is 15.7 Å². The standard InChI is InChI=1S/C18H22BrNO/c1-4-18(2,3)14-8-10-15(11-9-14)21-12-13-6-5-7-16(20)17(13)19/h5-11H,4,12,20H2,1-3H3. The summed E-state index contributed by atoms with van der Waals surface area (Å²) in [4.78, 5) is 0. The predicted octanol–water partition coefficient (Wildman–Crippen LogP) is 5.30. The van der Waals surface area contributed by atoms with E-state index in [2.05, 4.69) is 48.8 Å². The highest BCUT2D eigenvalue weighted by Gasteiger charge is 2.17. The summed E-state index contributed by atoms with van der Waals surface area (Å²) in [5, 5.41) is 0. The minimum Gasteiger partial charge on any atom is -0.489 e. The van der Waals surface area contributed by atoms with Crippen molar-refractivity contribution in [2.75, 3.05) is 5.73 Å². The maximum absolute atomic E-state index is 5.87. The van der Waals surface area contributed by atoms with Crippen LogP contribution in [0.3, 0.4) is 0 Å². The van der Waals surface area contributed by atoms with E-state index in [1.165, 1.54) is 5.56 Å². The van der Waals surface area contributed by atoms with Crippen molar-refractivity contribution in [1.29, 1.82) is 0 Å². The number of nitrogens with two attached hydrogens (primary N) is 1. The number of halogens is 1. The highest BCUT2D eigenvalue weighted by molar-refractivity contribution is 9.10. The monoisotopic (exact) mass is 347 g/mol. The van der Waals surface area contributed by atoms with Gasteiger partial charge in [-0.3, -0.25) is 0 Å². The number of hydrogen-bond acceptors (Lipinski definition) is 2. The molecule has 0 spiro atoms. The molecular formula is C18H22BrNO. The van der Waals surface area contributed by atoms with Gasteiger partial charge in [-0.25, -0.2) is 0 Å². The Morgan fingerprint density at radius 2 is 1.76 bits per heavy atom. The second-order valence-electron chi connectivity index (χ2n) is 5.87. The summed E-state index contributed by atoms with van der Waals surface area (Å²) < 4.78 is 6.75. The van der Waals surface area contributed by atoms with E-state index >= 15 is 0 Å². The molecule has 0 bridgehead atoms. The third-order valence-electron chi connectivity index (χ3n) is 4.02. The summed E-state index contributed by atoms with van der Waals surface area (Å²) in [6.07, 6.45) is 1.11. The average molecular weight is 348 g/mol. The Bertz CT molecular complexity index is 605. The Morgan fingerprint density at radius 1 is 1.10 bits per heavy atom. The smallest absolute Gasteiger partial charge is 0.119 e. The lowest BCUT2D eigenvalue weighted by Gasteiger charge is -2.23. The molecule has 2 aromatic rings. The number of benzene rings is 2. The van der Waals surface area contributed by atoms with Gasteiger partial charge in [-0.15, -0.1) is 0 Å². The molecule has 0 aromatic heterocycles. The van der Waals surface area contributed by atoms with Crippen molar-refractivity contribution in [3.8, 4) is 5.75 Å². The molecule has 0 saturated heterocycles. The second kappa shape index (κ2) is 6.52. The van der Waals surface area contributed by atoms with Crippen LogP contribution in [0.4, 0.5) is 5.69 Å². The van der Waals surface area contributed by atoms with Gasteiger partial charge in [0.2, 0.25) is 0 Å². The molecule has 0 heterocycles. The summed E-state index contributed by atoms with van der Waals surface area (Å²) in [6, 6.07) is 14.2. The number of hydrogen-bond donors (Lipinski definition) is 1. The molecule has 21 heavy (non-hydrogen) atoms. The van der Waals surface area contributed by atoms with Crippen LogP contribution in [0.1, 0.15) is 38.3 Å². The third kappa shape index (κ3) is 3.79. The minimum absolute atomic E-state index is 0.204. The summed E-state index contributed by atoms with van der Waals surface area (Å²) in [5.74, 6) is 0.875. The zero-order valence-corrected chi connectivity index (χ0v) is 14.4. The fraction of sp³-hybridized carbons (Fsp3) is 0.333. The van der Waals surface area contributed by atoms with E-state index in [0.29, 0.717) is 6.61 Å². The molecule has 0 aliphatic heterocycles. The van der Waals surface area contributed by atoms with Crippen LogP contribution in [-0.4, -0.2) is 0 Å². The summed E-state index contributed by atoms with van der Waals surface area (Å²) in [6.45, 7) is 7.23. The number of ether oxygens (including phenoxy) is 1. The van der Waals surface area contributed by atoms with E-state index in [1.807, 2.05) is 30.3 Å². The van der Waals surface area contributed by atoms with E-state index in [1.54, 1.807) is 0 Å². The van der Waals surface area contributed by atoms with Crippen LogP contribution in [0.15, 0.2) is 46.9 Å². The van der Waals surface area contributed by atoms with E-state index in [4.69, 9.17) is 10.5 Å². The van der Waals surface area contributed by atoms with Crippen molar-refractivity contribution in [3.63, 3.8) is 0 Å². The van der Waals surface area contributed by atoms with Crippen molar-refractivity contribution >= 4 is 21.6 Å². The highest BCUT2D eigenvalue weighted by Crippen LogP contribution is 2.29. The Balaban J connectivity index is 2.06. The summed E-state index contributed by atoms with van der Waals surface area (Å²) >= 11 is 3.50. The maximum atomic E-state index is 5.87. The Morgan fingerprint density at radius 3 is 2.38 bits per heavy atom. The van der Waals surface area contributed by atoms with Gasteiger partial charge >= 0.3 is 0 Å². The molecule has 2 N–H and O–H groups in total. The van der Waals surface area contributed by atoms with Crippen LogP contribution in [0.2, 0.25) is 0 Å². The first kappa shape index (κ1) is 15.9. The van der Waals surface area contributed by atoms with Crippen molar-refractivity contribution in [2.45, 2.75) is 39.2 Å². The van der Waals surface area contributed by atoms with Crippen LogP contribution < -0.4 is 10.5 Å². The van der Waals surface area contributed by atoms with Gasteiger partial charge in [-0.2, -0.15) is 0 Å². The summed E-state index contributed by atoms with van der Waals surface area (Å²) in [7, 11) is 0. The number of rotatable bonds is 5. The zero-order chi connectivity index (χ0) is 15.5. The van der Waals surface area contributed by atoms with Crippen molar-refractivity contribution in [3.05, 3.63) is 58.1 Å². The summed E-state index contributed by atoms with van der Waals surface area (Å²) in [5.41, 5.74) is 9.19. The average Bonchev–Trinajstić information content (AvgIpc) is 2.49. The van der Waals surface area contributed by atoms with Gasteiger partial charge < -0.3 is 10.5 Å². The molecule has 0 aliphatic rings. The minimum atomic E-state index is 0.204. The van der Waals surface area contributed by atoms with Gasteiger partial charge in [0.15, 0.2) is 0 Å². The first-order valence-electron chi connectivity index (χ1n) is 7.20. The van der Waals surface area contributed by atoms with Gasteiger partial charge in [0.1, 0.15) is 12.4 Å². The fourth-order valence-electron chi connectivity index (χ4n) is 2.08. The second-order valence-corrected chi connectivity index (χ2v) is 6.66. The normalized spacial score (nSPS) is 11.4. The van der Waals surface area contributed by atoms with Crippen LogP contribution in [0.25, 0.3) is 0 Å². The molecule has 112 valence electrons. The molecule has 0 atom stereocenters.